The van der Waals surface area contributed by atoms with E-state index in [9.17, 15) is 4.79 Å². The quantitative estimate of drug-likeness (QED) is 0.699. The summed E-state index contributed by atoms with van der Waals surface area (Å²) in [6, 6.07) is 5.36. The lowest BCUT2D eigenvalue weighted by atomic mass is 9.92. The number of carbonyl (C=O) groups is 1. The zero-order valence-electron chi connectivity index (χ0n) is 16.1. The first-order chi connectivity index (χ1) is 13.0. The Balaban J connectivity index is 1.65. The van der Waals surface area contributed by atoms with E-state index in [0.717, 1.165) is 13.1 Å². The molecular formula is C19H25N3O4S. The van der Waals surface area contributed by atoms with E-state index in [1.54, 1.807) is 32.4 Å². The first kappa shape index (κ1) is 19.5. The van der Waals surface area contributed by atoms with Crippen LogP contribution in [0.5, 0.6) is 11.5 Å². The number of methoxy groups -OCH3 is 2. The van der Waals surface area contributed by atoms with Gasteiger partial charge in [0.25, 0.3) is 11.1 Å². The molecule has 2 heterocycles. The van der Waals surface area contributed by atoms with Crippen LogP contribution in [0.1, 0.15) is 20.3 Å². The highest BCUT2D eigenvalue weighted by molar-refractivity contribution is 7.99. The molecule has 0 aliphatic carbocycles. The van der Waals surface area contributed by atoms with Crippen LogP contribution in [0, 0.1) is 11.8 Å². The SMILES string of the molecule is COc1ccc(OC)c(-c2nnc(SCC(=O)N3CC(C)CC(C)C3)o2)c1. The molecule has 1 amide bonds. The van der Waals surface area contributed by atoms with Gasteiger partial charge >= 0.3 is 0 Å². The fourth-order valence-electron chi connectivity index (χ4n) is 3.44. The molecule has 7 nitrogen and oxygen atoms in total. The van der Waals surface area contributed by atoms with E-state index < -0.39 is 0 Å². The van der Waals surface area contributed by atoms with E-state index in [2.05, 4.69) is 24.0 Å². The minimum Gasteiger partial charge on any atom is -0.497 e. The van der Waals surface area contributed by atoms with Crippen molar-refractivity contribution in [3.8, 4) is 23.0 Å². The molecule has 0 bridgehead atoms. The summed E-state index contributed by atoms with van der Waals surface area (Å²) in [6.45, 7) is 6.02. The first-order valence-corrected chi connectivity index (χ1v) is 9.95. The Morgan fingerprint density at radius 1 is 1.22 bits per heavy atom. The molecule has 1 aromatic heterocycles. The molecule has 0 N–H and O–H groups in total. The van der Waals surface area contributed by atoms with Crippen molar-refractivity contribution in [1.29, 1.82) is 0 Å². The number of hydrogen-bond acceptors (Lipinski definition) is 7. The number of thioether (sulfide) groups is 1. The number of piperidine rings is 1. The van der Waals surface area contributed by atoms with Gasteiger partial charge < -0.3 is 18.8 Å². The van der Waals surface area contributed by atoms with Crippen molar-refractivity contribution < 1.29 is 18.7 Å². The van der Waals surface area contributed by atoms with Crippen molar-refractivity contribution in [3.05, 3.63) is 18.2 Å². The predicted molar refractivity (Wildman–Crippen MR) is 103 cm³/mol. The molecule has 0 spiro atoms. The molecule has 0 saturated carbocycles. The highest BCUT2D eigenvalue weighted by Crippen LogP contribution is 2.34. The zero-order valence-corrected chi connectivity index (χ0v) is 16.9. The van der Waals surface area contributed by atoms with E-state index in [4.69, 9.17) is 13.9 Å². The maximum atomic E-state index is 12.5. The van der Waals surface area contributed by atoms with Crippen molar-refractivity contribution in [3.63, 3.8) is 0 Å². The van der Waals surface area contributed by atoms with Crippen molar-refractivity contribution in [2.24, 2.45) is 11.8 Å². The molecule has 27 heavy (non-hydrogen) atoms. The summed E-state index contributed by atoms with van der Waals surface area (Å²) < 4.78 is 16.3. The van der Waals surface area contributed by atoms with Gasteiger partial charge in [-0.1, -0.05) is 25.6 Å². The summed E-state index contributed by atoms with van der Waals surface area (Å²) in [4.78, 5) is 14.4. The fraction of sp³-hybridized carbons (Fsp3) is 0.526. The lowest BCUT2D eigenvalue weighted by molar-refractivity contribution is -0.130. The van der Waals surface area contributed by atoms with Crippen LogP contribution >= 0.6 is 11.8 Å². The van der Waals surface area contributed by atoms with Gasteiger partial charge in [0.05, 0.1) is 25.5 Å². The van der Waals surface area contributed by atoms with Gasteiger partial charge in [-0.15, -0.1) is 10.2 Å². The maximum absolute atomic E-state index is 12.5. The Labute approximate surface area is 163 Å². The summed E-state index contributed by atoms with van der Waals surface area (Å²) in [6.07, 6.45) is 1.17. The topological polar surface area (TPSA) is 77.7 Å². The first-order valence-electron chi connectivity index (χ1n) is 8.96. The smallest absolute Gasteiger partial charge is 0.277 e. The summed E-state index contributed by atoms with van der Waals surface area (Å²) >= 11 is 1.26. The number of likely N-dealkylation sites (tertiary alicyclic amines) is 1. The van der Waals surface area contributed by atoms with Gasteiger partial charge in [0, 0.05) is 13.1 Å². The van der Waals surface area contributed by atoms with Crippen LogP contribution < -0.4 is 9.47 Å². The van der Waals surface area contributed by atoms with Crippen LogP contribution in [-0.4, -0.2) is 54.1 Å². The molecule has 2 unspecified atom stereocenters. The van der Waals surface area contributed by atoms with E-state index in [0.29, 0.717) is 40.0 Å². The second-order valence-corrected chi connectivity index (χ2v) is 7.90. The van der Waals surface area contributed by atoms with Gasteiger partial charge in [0.1, 0.15) is 11.5 Å². The number of hydrogen-bond donors (Lipinski definition) is 0. The van der Waals surface area contributed by atoms with Crippen LogP contribution in [0.3, 0.4) is 0 Å². The van der Waals surface area contributed by atoms with E-state index in [-0.39, 0.29) is 11.7 Å². The van der Waals surface area contributed by atoms with Crippen molar-refractivity contribution in [2.45, 2.75) is 25.5 Å². The van der Waals surface area contributed by atoms with E-state index in [1.165, 1.54) is 18.2 Å². The lowest BCUT2D eigenvalue weighted by Crippen LogP contribution is -2.43. The molecule has 1 aliphatic heterocycles. The Bertz CT molecular complexity index is 785. The molecule has 1 aliphatic rings. The van der Waals surface area contributed by atoms with Gasteiger partial charge in [-0.3, -0.25) is 4.79 Å². The number of aromatic nitrogens is 2. The predicted octanol–water partition coefficient (Wildman–Crippen LogP) is 3.35. The van der Waals surface area contributed by atoms with Gasteiger partial charge in [0.15, 0.2) is 0 Å². The normalized spacial score (nSPS) is 19.8. The Hall–Kier alpha value is -2.22. The average molecular weight is 391 g/mol. The van der Waals surface area contributed by atoms with Gasteiger partial charge in [-0.25, -0.2) is 0 Å². The average Bonchev–Trinajstić information content (AvgIpc) is 3.13. The Morgan fingerprint density at radius 2 is 1.96 bits per heavy atom. The largest absolute Gasteiger partial charge is 0.497 e. The number of rotatable bonds is 6. The van der Waals surface area contributed by atoms with Crippen molar-refractivity contribution in [2.75, 3.05) is 33.1 Å². The molecule has 3 rings (SSSR count). The fourth-order valence-corrected chi connectivity index (χ4v) is 4.11. The highest BCUT2D eigenvalue weighted by atomic mass is 32.2. The molecule has 146 valence electrons. The lowest BCUT2D eigenvalue weighted by Gasteiger charge is -2.34. The number of carbonyl (C=O) groups excluding carboxylic acids is 1. The number of ether oxygens (including phenoxy) is 2. The van der Waals surface area contributed by atoms with Gasteiger partial charge in [-0.2, -0.15) is 0 Å². The summed E-state index contributed by atoms with van der Waals surface area (Å²) in [5.41, 5.74) is 0.654. The van der Waals surface area contributed by atoms with E-state index in [1.807, 2.05) is 4.90 Å². The van der Waals surface area contributed by atoms with Gasteiger partial charge in [0.2, 0.25) is 5.91 Å². The summed E-state index contributed by atoms with van der Waals surface area (Å²) in [5, 5.41) is 8.50. The Kier molecular flexibility index (Phi) is 6.26. The molecule has 1 fully saturated rings. The number of benzene rings is 1. The number of amides is 1. The third kappa shape index (κ3) is 4.74. The second kappa shape index (κ2) is 8.65. The van der Waals surface area contributed by atoms with Crippen LogP contribution in [-0.2, 0) is 4.79 Å². The van der Waals surface area contributed by atoms with Crippen LogP contribution in [0.4, 0.5) is 0 Å². The summed E-state index contributed by atoms with van der Waals surface area (Å²) in [7, 11) is 3.17. The molecular weight excluding hydrogens is 366 g/mol. The van der Waals surface area contributed by atoms with Gasteiger partial charge in [-0.05, 0) is 36.5 Å². The molecule has 1 saturated heterocycles. The number of nitrogens with zero attached hydrogens (tertiary/aromatic N) is 3. The second-order valence-electron chi connectivity index (χ2n) is 6.97. The standard InChI is InChI=1S/C19H25N3O4S/c1-12-7-13(2)10-22(9-12)17(23)11-27-19-21-20-18(26-19)15-8-14(24-3)5-6-16(15)25-4/h5-6,8,12-13H,7,9-11H2,1-4H3. The van der Waals surface area contributed by atoms with Crippen LogP contribution in [0.2, 0.25) is 0 Å². The minimum absolute atomic E-state index is 0.108. The zero-order chi connectivity index (χ0) is 19.4. The maximum Gasteiger partial charge on any atom is 0.277 e. The van der Waals surface area contributed by atoms with Crippen molar-refractivity contribution >= 4 is 17.7 Å². The van der Waals surface area contributed by atoms with Crippen molar-refractivity contribution in [1.82, 2.24) is 15.1 Å². The Morgan fingerprint density at radius 3 is 2.63 bits per heavy atom. The van der Waals surface area contributed by atoms with E-state index >= 15 is 0 Å². The molecule has 8 heteroatoms. The van der Waals surface area contributed by atoms with Crippen LogP contribution in [0.25, 0.3) is 11.5 Å². The minimum atomic E-state index is 0.108. The van der Waals surface area contributed by atoms with Crippen LogP contribution in [0.15, 0.2) is 27.8 Å². The molecule has 0 radical (unpaired) electrons. The molecule has 2 aromatic rings. The third-order valence-corrected chi connectivity index (χ3v) is 5.39. The third-order valence-electron chi connectivity index (χ3n) is 4.58. The monoisotopic (exact) mass is 391 g/mol. The summed E-state index contributed by atoms with van der Waals surface area (Å²) in [5.74, 6) is 3.09. The molecule has 1 aromatic carbocycles. The molecule has 2 atom stereocenters. The highest BCUT2D eigenvalue weighted by Gasteiger charge is 2.25.